The lowest BCUT2D eigenvalue weighted by atomic mass is 9.69. The summed E-state index contributed by atoms with van der Waals surface area (Å²) in [4.78, 5) is 4.52. The summed E-state index contributed by atoms with van der Waals surface area (Å²) < 4.78 is 5.42. The van der Waals surface area contributed by atoms with Gasteiger partial charge in [0.15, 0.2) is 0 Å². The van der Waals surface area contributed by atoms with Crippen LogP contribution in [0, 0.1) is 17.3 Å². The van der Waals surface area contributed by atoms with Crippen molar-refractivity contribution < 1.29 is 4.74 Å². The number of hydrogen-bond acceptors (Lipinski definition) is 2. The van der Waals surface area contributed by atoms with E-state index in [2.05, 4.69) is 49.7 Å². The normalized spacial score (nSPS) is 21.2. The van der Waals surface area contributed by atoms with Crippen LogP contribution in [0.2, 0.25) is 0 Å². The highest BCUT2D eigenvalue weighted by atomic mass is 16.5. The fourth-order valence-corrected chi connectivity index (χ4v) is 4.56. The Kier molecular flexibility index (Phi) is 5.46. The van der Waals surface area contributed by atoms with Gasteiger partial charge in [-0.15, -0.1) is 6.58 Å². The molecule has 0 radical (unpaired) electrons. The number of aromatic nitrogens is 1. The average molecular weight is 338 g/mol. The van der Waals surface area contributed by atoms with Crippen molar-refractivity contribution in [3.05, 3.63) is 48.7 Å². The maximum absolute atomic E-state index is 5.42. The highest BCUT2D eigenvalue weighted by Crippen LogP contribution is 2.41. The van der Waals surface area contributed by atoms with Crippen molar-refractivity contribution in [1.29, 1.82) is 0 Å². The second-order valence-electron chi connectivity index (χ2n) is 8.34. The predicted molar refractivity (Wildman–Crippen MR) is 106 cm³/mol. The molecule has 2 heteroatoms. The molecule has 1 saturated carbocycles. The van der Waals surface area contributed by atoms with Crippen molar-refractivity contribution in [3.8, 4) is 5.75 Å². The highest BCUT2D eigenvalue weighted by molar-refractivity contribution is 5.83. The van der Waals surface area contributed by atoms with E-state index in [4.69, 9.17) is 4.74 Å². The summed E-state index contributed by atoms with van der Waals surface area (Å²) in [7, 11) is 1.72. The van der Waals surface area contributed by atoms with Crippen LogP contribution in [0.4, 0.5) is 0 Å². The lowest BCUT2D eigenvalue weighted by Gasteiger charge is -2.36. The second kappa shape index (κ2) is 7.59. The molecule has 1 heterocycles. The first kappa shape index (κ1) is 18.0. The lowest BCUT2D eigenvalue weighted by Crippen LogP contribution is -2.26. The van der Waals surface area contributed by atoms with Gasteiger partial charge >= 0.3 is 0 Å². The molecule has 134 valence electrons. The molecule has 1 aromatic heterocycles. The van der Waals surface area contributed by atoms with Crippen molar-refractivity contribution in [1.82, 2.24) is 4.98 Å². The molecule has 0 aliphatic heterocycles. The van der Waals surface area contributed by atoms with Gasteiger partial charge in [-0.25, -0.2) is 0 Å². The van der Waals surface area contributed by atoms with Gasteiger partial charge in [0.25, 0.3) is 0 Å². The third kappa shape index (κ3) is 4.23. The van der Waals surface area contributed by atoms with Crippen LogP contribution in [0.5, 0.6) is 5.75 Å². The fraction of sp³-hybridized carbons (Fsp3) is 0.522. The summed E-state index contributed by atoms with van der Waals surface area (Å²) in [5, 5.41) is 1.22. The predicted octanol–water partition coefficient (Wildman–Crippen LogP) is 6.19. The topological polar surface area (TPSA) is 22.1 Å². The van der Waals surface area contributed by atoms with Crippen LogP contribution in [0.3, 0.4) is 0 Å². The van der Waals surface area contributed by atoms with Gasteiger partial charge in [0.2, 0.25) is 0 Å². The summed E-state index contributed by atoms with van der Waals surface area (Å²) in [6, 6.07) is 8.34. The van der Waals surface area contributed by atoms with Gasteiger partial charge in [0.05, 0.1) is 12.6 Å². The number of pyridine rings is 1. The van der Waals surface area contributed by atoms with E-state index in [1.54, 1.807) is 7.11 Å². The SMILES string of the molecule is C=CC1CCCCC1CC(C)(C)Cc1ccnc2ccc(OC)cc12. The molecule has 25 heavy (non-hydrogen) atoms. The van der Waals surface area contributed by atoms with E-state index < -0.39 is 0 Å². The number of rotatable bonds is 6. The minimum absolute atomic E-state index is 0.265. The van der Waals surface area contributed by atoms with E-state index in [1.165, 1.54) is 43.1 Å². The first-order valence-corrected chi connectivity index (χ1v) is 9.56. The Morgan fingerprint density at radius 2 is 2.04 bits per heavy atom. The fourth-order valence-electron chi connectivity index (χ4n) is 4.56. The van der Waals surface area contributed by atoms with Crippen molar-refractivity contribution in [2.75, 3.05) is 7.11 Å². The van der Waals surface area contributed by atoms with Gasteiger partial charge < -0.3 is 4.74 Å². The zero-order valence-electron chi connectivity index (χ0n) is 15.9. The standard InChI is InChI=1S/C23H31NO/c1-5-17-8-6-7-9-18(17)15-23(2,3)16-19-12-13-24-22-11-10-20(25-4)14-21(19)22/h5,10-14,17-18H,1,6-9,15-16H2,2-4H3. The maximum Gasteiger partial charge on any atom is 0.119 e. The summed E-state index contributed by atoms with van der Waals surface area (Å²) in [5.74, 6) is 2.38. The van der Waals surface area contributed by atoms with Gasteiger partial charge in [-0.05, 0) is 72.8 Å². The molecular formula is C23H31NO. The van der Waals surface area contributed by atoms with E-state index >= 15 is 0 Å². The largest absolute Gasteiger partial charge is 0.497 e. The lowest BCUT2D eigenvalue weighted by molar-refractivity contribution is 0.183. The second-order valence-corrected chi connectivity index (χ2v) is 8.34. The molecule has 1 aliphatic carbocycles. The van der Waals surface area contributed by atoms with Crippen molar-refractivity contribution >= 4 is 10.9 Å². The van der Waals surface area contributed by atoms with Crippen molar-refractivity contribution in [2.24, 2.45) is 17.3 Å². The molecule has 1 fully saturated rings. The van der Waals surface area contributed by atoms with E-state index in [-0.39, 0.29) is 5.41 Å². The Morgan fingerprint density at radius 1 is 1.24 bits per heavy atom. The van der Waals surface area contributed by atoms with Gasteiger partial charge in [0, 0.05) is 11.6 Å². The number of benzene rings is 1. The number of methoxy groups -OCH3 is 1. The molecule has 1 aromatic carbocycles. The number of fused-ring (bicyclic) bond motifs is 1. The molecule has 0 N–H and O–H groups in total. The number of nitrogens with zero attached hydrogens (tertiary/aromatic N) is 1. The monoisotopic (exact) mass is 337 g/mol. The van der Waals surface area contributed by atoms with Gasteiger partial charge in [-0.1, -0.05) is 32.8 Å². The van der Waals surface area contributed by atoms with Crippen LogP contribution in [0.15, 0.2) is 43.1 Å². The zero-order chi connectivity index (χ0) is 17.9. The van der Waals surface area contributed by atoms with Crippen molar-refractivity contribution in [3.63, 3.8) is 0 Å². The van der Waals surface area contributed by atoms with E-state index in [0.717, 1.165) is 23.6 Å². The minimum atomic E-state index is 0.265. The Hall–Kier alpha value is -1.83. The summed E-state index contributed by atoms with van der Waals surface area (Å²) in [6.07, 6.45) is 11.9. The Bertz CT molecular complexity index is 734. The van der Waals surface area contributed by atoms with Gasteiger partial charge in [-0.2, -0.15) is 0 Å². The van der Waals surface area contributed by atoms with E-state index in [1.807, 2.05) is 12.3 Å². The number of ether oxygens (including phenoxy) is 1. The summed E-state index contributed by atoms with van der Waals surface area (Å²) >= 11 is 0. The van der Waals surface area contributed by atoms with Crippen LogP contribution < -0.4 is 4.74 Å². The molecule has 2 atom stereocenters. The van der Waals surface area contributed by atoms with Crippen LogP contribution in [-0.2, 0) is 6.42 Å². The molecular weight excluding hydrogens is 306 g/mol. The average Bonchev–Trinajstić information content (AvgIpc) is 2.61. The van der Waals surface area contributed by atoms with E-state index in [9.17, 15) is 0 Å². The third-order valence-electron chi connectivity index (χ3n) is 5.79. The first-order valence-electron chi connectivity index (χ1n) is 9.56. The minimum Gasteiger partial charge on any atom is -0.497 e. The number of allylic oxidation sites excluding steroid dienone is 1. The smallest absolute Gasteiger partial charge is 0.119 e. The van der Waals surface area contributed by atoms with Crippen LogP contribution in [0.25, 0.3) is 10.9 Å². The Labute approximate surface area is 152 Å². The molecule has 2 unspecified atom stereocenters. The van der Waals surface area contributed by atoms with Crippen LogP contribution >= 0.6 is 0 Å². The maximum atomic E-state index is 5.42. The first-order chi connectivity index (χ1) is 12.0. The summed E-state index contributed by atoms with van der Waals surface area (Å²) in [6.45, 7) is 8.91. The molecule has 0 saturated heterocycles. The molecule has 0 amide bonds. The molecule has 0 spiro atoms. The molecule has 3 rings (SSSR count). The van der Waals surface area contributed by atoms with Gasteiger partial charge in [0.1, 0.15) is 5.75 Å². The van der Waals surface area contributed by atoms with Gasteiger partial charge in [-0.3, -0.25) is 4.98 Å². The Balaban J connectivity index is 1.82. The van der Waals surface area contributed by atoms with Crippen molar-refractivity contribution in [2.45, 2.75) is 52.4 Å². The molecule has 2 aromatic rings. The highest BCUT2D eigenvalue weighted by Gasteiger charge is 2.30. The van der Waals surface area contributed by atoms with Crippen LogP contribution in [0.1, 0.15) is 51.5 Å². The summed E-state index contributed by atoms with van der Waals surface area (Å²) in [5.41, 5.74) is 2.69. The Morgan fingerprint density at radius 3 is 2.80 bits per heavy atom. The zero-order valence-corrected chi connectivity index (χ0v) is 15.9. The molecule has 0 bridgehead atoms. The van der Waals surface area contributed by atoms with Crippen LogP contribution in [-0.4, -0.2) is 12.1 Å². The van der Waals surface area contributed by atoms with E-state index in [0.29, 0.717) is 5.92 Å². The molecule has 1 aliphatic rings. The molecule has 2 nitrogen and oxygen atoms in total. The number of hydrogen-bond donors (Lipinski definition) is 0. The quantitative estimate of drug-likeness (QED) is 0.586. The third-order valence-corrected chi connectivity index (χ3v) is 5.79.